The summed E-state index contributed by atoms with van der Waals surface area (Å²) in [5.41, 5.74) is 2.41. The lowest BCUT2D eigenvalue weighted by Crippen LogP contribution is -2.11. The highest BCUT2D eigenvalue weighted by atomic mass is 79.9. The molecule has 0 aliphatic carbocycles. The third-order valence-electron chi connectivity index (χ3n) is 3.73. The van der Waals surface area contributed by atoms with E-state index in [0.29, 0.717) is 23.1 Å². The van der Waals surface area contributed by atoms with Gasteiger partial charge in [0.25, 0.3) is 5.91 Å². The van der Waals surface area contributed by atoms with Gasteiger partial charge in [0.2, 0.25) is 0 Å². The number of nitrogens with one attached hydrogen (secondary N) is 1. The van der Waals surface area contributed by atoms with Gasteiger partial charge in [-0.05, 0) is 36.8 Å². The van der Waals surface area contributed by atoms with Crippen molar-refractivity contribution < 1.29 is 9.53 Å². The first-order chi connectivity index (χ1) is 12.7. The Labute approximate surface area is 165 Å². The zero-order valence-corrected chi connectivity index (χ0v) is 16.8. The minimum Gasteiger partial charge on any atom is -0.494 e. The Morgan fingerprint density at radius 1 is 1.23 bits per heavy atom. The largest absolute Gasteiger partial charge is 0.494 e. The summed E-state index contributed by atoms with van der Waals surface area (Å²) in [7, 11) is 0. The van der Waals surface area contributed by atoms with E-state index >= 15 is 0 Å². The van der Waals surface area contributed by atoms with Crippen molar-refractivity contribution in [3.8, 4) is 17.0 Å². The number of carbonyl (C=O) groups excluding carboxylic acids is 1. The van der Waals surface area contributed by atoms with Gasteiger partial charge in [-0.15, -0.1) is 11.3 Å². The smallest absolute Gasteiger partial charge is 0.257 e. The summed E-state index contributed by atoms with van der Waals surface area (Å²) in [6, 6.07) is 15.1. The molecule has 3 rings (SSSR count). The van der Waals surface area contributed by atoms with Crippen LogP contribution in [0.4, 0.5) is 5.13 Å². The fourth-order valence-electron chi connectivity index (χ4n) is 2.32. The summed E-state index contributed by atoms with van der Waals surface area (Å²) < 4.78 is 6.68. The number of halogens is 1. The predicted octanol–water partition coefficient (Wildman–Crippen LogP) is 6.00. The van der Waals surface area contributed by atoms with Gasteiger partial charge in [-0.2, -0.15) is 0 Å². The molecule has 0 radical (unpaired) electrons. The Balaban J connectivity index is 1.66. The van der Waals surface area contributed by atoms with Gasteiger partial charge in [0.1, 0.15) is 5.75 Å². The fourth-order valence-corrected chi connectivity index (χ4v) is 3.29. The fraction of sp³-hybridized carbons (Fsp3) is 0.200. The van der Waals surface area contributed by atoms with Crippen molar-refractivity contribution in [3.63, 3.8) is 0 Å². The van der Waals surface area contributed by atoms with Gasteiger partial charge in [0.15, 0.2) is 5.13 Å². The van der Waals surface area contributed by atoms with Gasteiger partial charge in [-0.1, -0.05) is 47.5 Å². The number of anilines is 1. The van der Waals surface area contributed by atoms with E-state index in [9.17, 15) is 4.79 Å². The first-order valence-electron chi connectivity index (χ1n) is 8.41. The molecule has 0 aliphatic rings. The molecule has 4 nitrogen and oxygen atoms in total. The van der Waals surface area contributed by atoms with E-state index in [4.69, 9.17) is 4.74 Å². The Morgan fingerprint density at radius 2 is 2.04 bits per heavy atom. The number of benzene rings is 2. The summed E-state index contributed by atoms with van der Waals surface area (Å²) in [6.45, 7) is 2.77. The molecule has 0 saturated heterocycles. The van der Waals surface area contributed by atoms with Crippen molar-refractivity contribution in [3.05, 3.63) is 63.9 Å². The second-order valence-corrected chi connectivity index (χ2v) is 7.50. The van der Waals surface area contributed by atoms with E-state index in [1.165, 1.54) is 11.3 Å². The van der Waals surface area contributed by atoms with Crippen molar-refractivity contribution in [2.45, 2.75) is 19.8 Å². The van der Waals surface area contributed by atoms with Crippen LogP contribution < -0.4 is 10.1 Å². The summed E-state index contributed by atoms with van der Waals surface area (Å²) in [5, 5.41) is 5.37. The van der Waals surface area contributed by atoms with Crippen LogP contribution in [0.5, 0.6) is 5.75 Å². The van der Waals surface area contributed by atoms with Crippen LogP contribution in [-0.2, 0) is 0 Å². The Kier molecular flexibility index (Phi) is 6.41. The van der Waals surface area contributed by atoms with Crippen LogP contribution in [0.2, 0.25) is 0 Å². The molecular weight excluding hydrogens is 412 g/mol. The molecule has 3 aromatic rings. The molecule has 0 unspecified atom stereocenters. The van der Waals surface area contributed by atoms with Crippen molar-refractivity contribution in [2.75, 3.05) is 11.9 Å². The van der Waals surface area contributed by atoms with Crippen LogP contribution >= 0.6 is 27.3 Å². The predicted molar refractivity (Wildman–Crippen MR) is 110 cm³/mol. The molecule has 0 bridgehead atoms. The number of nitrogens with zero attached hydrogens (tertiary/aromatic N) is 1. The molecule has 1 aromatic heterocycles. The molecule has 0 fully saturated rings. The van der Waals surface area contributed by atoms with Crippen LogP contribution in [0.1, 0.15) is 30.1 Å². The molecule has 0 atom stereocenters. The normalized spacial score (nSPS) is 10.5. The third kappa shape index (κ3) is 4.93. The lowest BCUT2D eigenvalue weighted by molar-refractivity contribution is 0.102. The number of rotatable bonds is 7. The third-order valence-corrected chi connectivity index (χ3v) is 5.01. The minimum atomic E-state index is -0.192. The summed E-state index contributed by atoms with van der Waals surface area (Å²) in [6.07, 6.45) is 2.07. The summed E-state index contributed by atoms with van der Waals surface area (Å²) in [5.74, 6) is 0.517. The molecule has 26 heavy (non-hydrogen) atoms. The molecule has 1 amide bonds. The highest BCUT2D eigenvalue weighted by Gasteiger charge is 2.11. The highest BCUT2D eigenvalue weighted by molar-refractivity contribution is 9.10. The standard InChI is InChI=1S/C20H19BrN2O2S/c1-2-3-11-25-17-6-4-5-15(12-17)19(24)23-20-22-18(13-26-20)14-7-9-16(21)10-8-14/h4-10,12-13H,2-3,11H2,1H3,(H,22,23,24). The maximum Gasteiger partial charge on any atom is 0.257 e. The highest BCUT2D eigenvalue weighted by Crippen LogP contribution is 2.26. The van der Waals surface area contributed by atoms with E-state index in [0.717, 1.165) is 28.6 Å². The van der Waals surface area contributed by atoms with Gasteiger partial charge in [0.05, 0.1) is 12.3 Å². The second-order valence-electron chi connectivity index (χ2n) is 5.73. The van der Waals surface area contributed by atoms with E-state index in [1.54, 1.807) is 12.1 Å². The number of ether oxygens (including phenoxy) is 1. The Hall–Kier alpha value is -2.18. The van der Waals surface area contributed by atoms with E-state index in [-0.39, 0.29) is 5.91 Å². The maximum atomic E-state index is 12.5. The van der Waals surface area contributed by atoms with E-state index < -0.39 is 0 Å². The molecule has 134 valence electrons. The molecule has 6 heteroatoms. The van der Waals surface area contributed by atoms with Gasteiger partial charge in [-0.25, -0.2) is 4.98 Å². The minimum absolute atomic E-state index is 0.192. The van der Waals surface area contributed by atoms with Gasteiger partial charge in [0, 0.05) is 21.0 Å². The zero-order valence-electron chi connectivity index (χ0n) is 14.4. The van der Waals surface area contributed by atoms with Crippen molar-refractivity contribution >= 4 is 38.3 Å². The molecular formula is C20H19BrN2O2S. The quantitative estimate of drug-likeness (QED) is 0.467. The number of hydrogen-bond acceptors (Lipinski definition) is 4. The molecule has 2 aromatic carbocycles. The van der Waals surface area contributed by atoms with Crippen LogP contribution in [-0.4, -0.2) is 17.5 Å². The molecule has 0 aliphatic heterocycles. The number of hydrogen-bond donors (Lipinski definition) is 1. The van der Waals surface area contributed by atoms with Gasteiger partial charge < -0.3 is 4.74 Å². The number of unbranched alkanes of at least 4 members (excludes halogenated alkanes) is 1. The Morgan fingerprint density at radius 3 is 2.81 bits per heavy atom. The van der Waals surface area contributed by atoms with E-state index in [1.807, 2.05) is 41.8 Å². The first kappa shape index (κ1) is 18.6. The van der Waals surface area contributed by atoms with Crippen LogP contribution in [0.15, 0.2) is 58.4 Å². The van der Waals surface area contributed by atoms with Crippen LogP contribution in [0.25, 0.3) is 11.3 Å². The lowest BCUT2D eigenvalue weighted by Gasteiger charge is -2.07. The number of carbonyl (C=O) groups is 1. The monoisotopic (exact) mass is 430 g/mol. The van der Waals surface area contributed by atoms with Crippen molar-refractivity contribution in [1.82, 2.24) is 4.98 Å². The SMILES string of the molecule is CCCCOc1cccc(C(=O)Nc2nc(-c3ccc(Br)cc3)cs2)c1. The summed E-state index contributed by atoms with van der Waals surface area (Å²) in [4.78, 5) is 17.0. The first-order valence-corrected chi connectivity index (χ1v) is 10.1. The topological polar surface area (TPSA) is 51.2 Å². The maximum absolute atomic E-state index is 12.5. The molecule has 1 heterocycles. The number of thiazole rings is 1. The van der Waals surface area contributed by atoms with Crippen LogP contribution in [0, 0.1) is 0 Å². The second kappa shape index (κ2) is 8.96. The molecule has 0 saturated carbocycles. The number of amides is 1. The Bertz CT molecular complexity index is 878. The average molecular weight is 431 g/mol. The lowest BCUT2D eigenvalue weighted by atomic mass is 10.2. The van der Waals surface area contributed by atoms with E-state index in [2.05, 4.69) is 33.2 Å². The summed E-state index contributed by atoms with van der Waals surface area (Å²) >= 11 is 4.83. The van der Waals surface area contributed by atoms with Crippen LogP contribution in [0.3, 0.4) is 0 Å². The number of aromatic nitrogens is 1. The van der Waals surface area contributed by atoms with Gasteiger partial charge in [-0.3, -0.25) is 10.1 Å². The van der Waals surface area contributed by atoms with Gasteiger partial charge >= 0.3 is 0 Å². The average Bonchev–Trinajstić information content (AvgIpc) is 3.11. The molecule has 0 spiro atoms. The zero-order chi connectivity index (χ0) is 18.4. The van der Waals surface area contributed by atoms with Crippen molar-refractivity contribution in [2.24, 2.45) is 0 Å². The van der Waals surface area contributed by atoms with Crippen molar-refractivity contribution in [1.29, 1.82) is 0 Å². The molecule has 1 N–H and O–H groups in total.